The van der Waals surface area contributed by atoms with Crippen molar-refractivity contribution in [3.8, 4) is 17.2 Å². The van der Waals surface area contributed by atoms with Crippen molar-refractivity contribution in [1.82, 2.24) is 14.5 Å². The summed E-state index contributed by atoms with van der Waals surface area (Å²) >= 11 is 6.20. The molecule has 2 N–H and O–H groups in total. The van der Waals surface area contributed by atoms with Crippen LogP contribution < -0.4 is 19.5 Å². The lowest BCUT2D eigenvalue weighted by Crippen LogP contribution is -2.25. The van der Waals surface area contributed by atoms with E-state index in [0.717, 1.165) is 5.56 Å². The second-order valence-electron chi connectivity index (χ2n) is 9.37. The summed E-state index contributed by atoms with van der Waals surface area (Å²) in [6.45, 7) is 4.02. The zero-order valence-corrected chi connectivity index (χ0v) is 24.2. The fourth-order valence-electron chi connectivity index (χ4n) is 4.03. The molecule has 0 saturated carbocycles. The molecule has 1 aromatic heterocycles. The highest BCUT2D eigenvalue weighted by Crippen LogP contribution is 2.28. The van der Waals surface area contributed by atoms with Crippen LogP contribution in [0.3, 0.4) is 0 Å². The van der Waals surface area contributed by atoms with Crippen molar-refractivity contribution in [2.24, 2.45) is 0 Å². The molecule has 0 bridgehead atoms. The molecule has 11 heteroatoms. The summed E-state index contributed by atoms with van der Waals surface area (Å²) in [5.41, 5.74) is 2.90. The lowest BCUT2D eigenvalue weighted by Gasteiger charge is -2.15. The zero-order valence-electron chi connectivity index (χ0n) is 22.6. The number of carbonyl (C=O) groups excluding carboxylic acids is 1. The van der Waals surface area contributed by atoms with Gasteiger partial charge in [-0.3, -0.25) is 4.79 Å². The van der Waals surface area contributed by atoms with Crippen LogP contribution in [0.15, 0.2) is 78.0 Å². The summed E-state index contributed by atoms with van der Waals surface area (Å²) in [5, 5.41) is 7.66. The van der Waals surface area contributed by atoms with Gasteiger partial charge in [-0.15, -0.1) is 0 Å². The molecule has 40 heavy (non-hydrogen) atoms. The number of carbonyl (C=O) groups is 1. The largest absolute Gasteiger partial charge is 0.497 e. The third-order valence-corrected chi connectivity index (χ3v) is 8.10. The fourth-order valence-corrected chi connectivity index (χ4v) is 5.45. The molecule has 1 amide bonds. The normalized spacial score (nSPS) is 11.4. The molecule has 4 aromatic rings. The van der Waals surface area contributed by atoms with Gasteiger partial charge in [-0.1, -0.05) is 49.7 Å². The minimum atomic E-state index is -4.08. The van der Waals surface area contributed by atoms with Crippen LogP contribution >= 0.6 is 11.6 Å². The molecule has 0 aliphatic carbocycles. The number of aromatic nitrogens is 2. The van der Waals surface area contributed by atoms with Gasteiger partial charge in [0.1, 0.15) is 16.4 Å². The van der Waals surface area contributed by atoms with E-state index in [1.165, 1.54) is 17.9 Å². The van der Waals surface area contributed by atoms with Crippen molar-refractivity contribution < 1.29 is 22.7 Å². The highest BCUT2D eigenvalue weighted by molar-refractivity contribution is 7.89. The Morgan fingerprint density at radius 3 is 2.48 bits per heavy atom. The van der Waals surface area contributed by atoms with E-state index in [2.05, 4.69) is 15.1 Å². The van der Waals surface area contributed by atoms with Gasteiger partial charge in [-0.25, -0.2) is 17.8 Å². The van der Waals surface area contributed by atoms with Crippen molar-refractivity contribution in [2.75, 3.05) is 19.5 Å². The number of hydrogen-bond donors (Lipinski definition) is 2. The van der Waals surface area contributed by atoms with Crippen LogP contribution in [0.5, 0.6) is 11.5 Å². The molecule has 3 aromatic carbocycles. The minimum Gasteiger partial charge on any atom is -0.497 e. The van der Waals surface area contributed by atoms with Crippen LogP contribution in [0.1, 0.15) is 36.5 Å². The fraction of sp³-hybridized carbons (Fsp3) is 0.241. The van der Waals surface area contributed by atoms with Crippen molar-refractivity contribution >= 4 is 33.2 Å². The number of halogens is 1. The molecule has 210 valence electrons. The first kappa shape index (κ1) is 29.1. The number of benzene rings is 3. The molecular formula is C29H31ClN4O5S. The van der Waals surface area contributed by atoms with Crippen LogP contribution in [0.2, 0.25) is 5.02 Å². The molecule has 0 aliphatic rings. The third kappa shape index (κ3) is 6.82. The summed E-state index contributed by atoms with van der Waals surface area (Å²) in [6, 6.07) is 16.9. The Labute approximate surface area is 239 Å². The summed E-state index contributed by atoms with van der Waals surface area (Å²) in [5.74, 6) is 0.946. The molecule has 4 rings (SSSR count). The molecule has 0 saturated heterocycles. The van der Waals surface area contributed by atoms with E-state index in [1.807, 2.05) is 13.8 Å². The standard InChI is InChI=1S/C29H31ClN4O5S/c1-19(2)22-16-31-34(18-22)26-12-10-23(33-29(35)13-20-7-5-6-8-25(20)30)14-28(26)40(36,37)32-17-21-9-11-24(38-3)15-27(21)39-4/h5-12,14-16,18-19,32H,13,17H2,1-4H3,(H,33,35). The first-order chi connectivity index (χ1) is 19.1. The number of amides is 1. The van der Waals surface area contributed by atoms with Crippen molar-refractivity contribution in [2.45, 2.75) is 37.6 Å². The Kier molecular flexibility index (Phi) is 9.14. The Hall–Kier alpha value is -3.86. The highest BCUT2D eigenvalue weighted by Gasteiger charge is 2.23. The number of ether oxygens (including phenoxy) is 2. The molecule has 0 aliphatic heterocycles. The van der Waals surface area contributed by atoms with E-state index in [4.69, 9.17) is 21.1 Å². The Balaban J connectivity index is 1.66. The molecule has 0 fully saturated rings. The number of nitrogens with zero attached hydrogens (tertiary/aromatic N) is 2. The Morgan fingerprint density at radius 1 is 1.02 bits per heavy atom. The van der Waals surface area contributed by atoms with Crippen molar-refractivity contribution in [3.05, 3.63) is 94.8 Å². The number of nitrogens with one attached hydrogen (secondary N) is 2. The van der Waals surface area contributed by atoms with Crippen molar-refractivity contribution in [3.63, 3.8) is 0 Å². The summed E-state index contributed by atoms with van der Waals surface area (Å²) in [6.07, 6.45) is 3.53. The third-order valence-electron chi connectivity index (χ3n) is 6.30. The topological polar surface area (TPSA) is 112 Å². The highest BCUT2D eigenvalue weighted by atomic mass is 35.5. The molecule has 0 atom stereocenters. The minimum absolute atomic E-state index is 0.0333. The predicted octanol–water partition coefficient (Wildman–Crippen LogP) is 5.33. The average molecular weight is 583 g/mol. The van der Waals surface area contributed by atoms with E-state index in [9.17, 15) is 13.2 Å². The first-order valence-electron chi connectivity index (χ1n) is 12.5. The lowest BCUT2D eigenvalue weighted by atomic mass is 10.1. The van der Waals surface area contributed by atoms with Gasteiger partial charge in [-0.2, -0.15) is 5.10 Å². The van der Waals surface area contributed by atoms with Gasteiger partial charge in [0.05, 0.1) is 32.5 Å². The maximum Gasteiger partial charge on any atom is 0.243 e. The number of rotatable bonds is 11. The first-order valence-corrected chi connectivity index (χ1v) is 14.4. The zero-order chi connectivity index (χ0) is 28.9. The Morgan fingerprint density at radius 2 is 1.80 bits per heavy atom. The van der Waals surface area contributed by atoms with Gasteiger partial charge in [0.25, 0.3) is 0 Å². The van der Waals surface area contributed by atoms with E-state index in [1.54, 1.807) is 74.1 Å². The van der Waals surface area contributed by atoms with Gasteiger partial charge in [0.15, 0.2) is 0 Å². The number of hydrogen-bond acceptors (Lipinski definition) is 6. The van der Waals surface area contributed by atoms with Gasteiger partial charge in [0, 0.05) is 35.1 Å². The van der Waals surface area contributed by atoms with Gasteiger partial charge >= 0.3 is 0 Å². The number of sulfonamides is 1. The predicted molar refractivity (Wildman–Crippen MR) is 155 cm³/mol. The van der Waals surface area contributed by atoms with E-state index < -0.39 is 10.0 Å². The molecule has 0 radical (unpaired) electrons. The van der Waals surface area contributed by atoms with E-state index in [-0.39, 0.29) is 29.7 Å². The summed E-state index contributed by atoms with van der Waals surface area (Å²) in [7, 11) is -1.04. The van der Waals surface area contributed by atoms with Gasteiger partial charge < -0.3 is 14.8 Å². The molecule has 9 nitrogen and oxygen atoms in total. The second kappa shape index (κ2) is 12.5. The van der Waals surface area contributed by atoms with E-state index in [0.29, 0.717) is 39.0 Å². The van der Waals surface area contributed by atoms with Gasteiger partial charge in [0.2, 0.25) is 15.9 Å². The lowest BCUT2D eigenvalue weighted by molar-refractivity contribution is -0.115. The van der Waals surface area contributed by atoms with Crippen LogP contribution in [0, 0.1) is 0 Å². The van der Waals surface area contributed by atoms with Gasteiger partial charge in [-0.05, 0) is 47.4 Å². The maximum atomic E-state index is 13.7. The average Bonchev–Trinajstić information content (AvgIpc) is 3.44. The number of anilines is 1. The quantitative estimate of drug-likeness (QED) is 0.247. The van der Waals surface area contributed by atoms with E-state index >= 15 is 0 Å². The second-order valence-corrected chi connectivity index (χ2v) is 11.5. The summed E-state index contributed by atoms with van der Waals surface area (Å²) in [4.78, 5) is 12.7. The van der Waals surface area contributed by atoms with Crippen molar-refractivity contribution in [1.29, 1.82) is 0 Å². The molecule has 1 heterocycles. The van der Waals surface area contributed by atoms with Crippen LogP contribution in [-0.4, -0.2) is 38.3 Å². The SMILES string of the molecule is COc1ccc(CNS(=O)(=O)c2cc(NC(=O)Cc3ccccc3Cl)ccc2-n2cc(C(C)C)cn2)c(OC)c1. The Bertz CT molecular complexity index is 1620. The van der Waals surface area contributed by atoms with Crippen LogP contribution in [-0.2, 0) is 27.8 Å². The number of methoxy groups -OCH3 is 2. The molecule has 0 unspecified atom stereocenters. The molecule has 0 spiro atoms. The maximum absolute atomic E-state index is 13.7. The summed E-state index contributed by atoms with van der Waals surface area (Å²) < 4.78 is 42.2. The monoisotopic (exact) mass is 582 g/mol. The molecular weight excluding hydrogens is 552 g/mol. The smallest absolute Gasteiger partial charge is 0.243 e. The van der Waals surface area contributed by atoms with Crippen LogP contribution in [0.25, 0.3) is 5.69 Å². The van der Waals surface area contributed by atoms with Crippen LogP contribution in [0.4, 0.5) is 5.69 Å².